The number of hydrogen-bond acceptors (Lipinski definition) is 2. The zero-order valence-electron chi connectivity index (χ0n) is 10.3. The number of likely N-dealkylation sites (N-methyl/N-ethyl adjacent to an activating group) is 1. The molecule has 0 fully saturated rings. The summed E-state index contributed by atoms with van der Waals surface area (Å²) in [5.74, 6) is -1.63. The zero-order valence-corrected chi connectivity index (χ0v) is 10.3. The third-order valence-corrected chi connectivity index (χ3v) is 2.89. The lowest BCUT2D eigenvalue weighted by Gasteiger charge is -2.16. The number of aromatic nitrogens is 1. The Morgan fingerprint density at radius 3 is 2.42 bits per heavy atom. The van der Waals surface area contributed by atoms with Gasteiger partial charge in [-0.3, -0.25) is 4.98 Å². The summed E-state index contributed by atoms with van der Waals surface area (Å²) in [6.07, 6.45) is 1.42. The van der Waals surface area contributed by atoms with Crippen molar-refractivity contribution in [3.8, 4) is 0 Å². The van der Waals surface area contributed by atoms with Crippen molar-refractivity contribution in [2.45, 2.75) is 12.5 Å². The standard InChI is InChI=1S/C14H13F3N2/c1-18-14(13-5-4-11(16)8-19-13)6-9-2-3-10(15)7-12(9)17/h2-5,7-8,14,18H,6H2,1H3. The second-order valence-electron chi connectivity index (χ2n) is 4.18. The van der Waals surface area contributed by atoms with E-state index in [1.165, 1.54) is 24.3 Å². The molecule has 0 saturated heterocycles. The number of pyridine rings is 1. The second kappa shape index (κ2) is 5.84. The van der Waals surface area contributed by atoms with Gasteiger partial charge in [0.1, 0.15) is 17.5 Å². The first kappa shape index (κ1) is 13.5. The zero-order chi connectivity index (χ0) is 13.8. The average molecular weight is 266 g/mol. The van der Waals surface area contributed by atoms with Gasteiger partial charge in [-0.1, -0.05) is 6.07 Å². The monoisotopic (exact) mass is 266 g/mol. The van der Waals surface area contributed by atoms with Crippen molar-refractivity contribution >= 4 is 0 Å². The van der Waals surface area contributed by atoms with Crippen LogP contribution in [0.3, 0.4) is 0 Å². The first-order chi connectivity index (χ1) is 9.10. The highest BCUT2D eigenvalue weighted by atomic mass is 19.1. The van der Waals surface area contributed by atoms with E-state index >= 15 is 0 Å². The van der Waals surface area contributed by atoms with E-state index < -0.39 is 17.5 Å². The number of nitrogens with one attached hydrogen (secondary N) is 1. The smallest absolute Gasteiger partial charge is 0.141 e. The Morgan fingerprint density at radius 1 is 1.11 bits per heavy atom. The predicted octanol–water partition coefficient (Wildman–Crippen LogP) is 3.00. The highest BCUT2D eigenvalue weighted by Gasteiger charge is 2.14. The fraction of sp³-hybridized carbons (Fsp3) is 0.214. The number of halogens is 3. The number of hydrogen-bond donors (Lipinski definition) is 1. The van der Waals surface area contributed by atoms with Crippen LogP contribution in [-0.4, -0.2) is 12.0 Å². The maximum Gasteiger partial charge on any atom is 0.141 e. The molecule has 2 rings (SSSR count). The van der Waals surface area contributed by atoms with Crippen LogP contribution in [0.5, 0.6) is 0 Å². The summed E-state index contributed by atoms with van der Waals surface area (Å²) < 4.78 is 39.2. The topological polar surface area (TPSA) is 24.9 Å². The molecule has 0 spiro atoms. The van der Waals surface area contributed by atoms with Crippen LogP contribution in [0.25, 0.3) is 0 Å². The summed E-state index contributed by atoms with van der Waals surface area (Å²) in [5, 5.41) is 2.98. The van der Waals surface area contributed by atoms with Crippen molar-refractivity contribution in [3.63, 3.8) is 0 Å². The lowest BCUT2D eigenvalue weighted by Crippen LogP contribution is -2.20. The molecule has 0 aliphatic rings. The minimum Gasteiger partial charge on any atom is -0.311 e. The molecule has 1 N–H and O–H groups in total. The van der Waals surface area contributed by atoms with Gasteiger partial charge in [-0.15, -0.1) is 0 Å². The molecule has 0 radical (unpaired) electrons. The third-order valence-electron chi connectivity index (χ3n) is 2.89. The van der Waals surface area contributed by atoms with Crippen molar-refractivity contribution < 1.29 is 13.2 Å². The molecule has 1 heterocycles. The molecule has 100 valence electrons. The van der Waals surface area contributed by atoms with Gasteiger partial charge in [0.15, 0.2) is 0 Å². The molecule has 0 bridgehead atoms. The van der Waals surface area contributed by atoms with Crippen LogP contribution >= 0.6 is 0 Å². The summed E-state index contributed by atoms with van der Waals surface area (Å²) in [6.45, 7) is 0. The van der Waals surface area contributed by atoms with E-state index in [9.17, 15) is 13.2 Å². The summed E-state index contributed by atoms with van der Waals surface area (Å²) in [5.41, 5.74) is 0.986. The molecule has 5 heteroatoms. The number of benzene rings is 1. The highest BCUT2D eigenvalue weighted by Crippen LogP contribution is 2.19. The second-order valence-corrected chi connectivity index (χ2v) is 4.18. The van der Waals surface area contributed by atoms with Gasteiger partial charge in [0.25, 0.3) is 0 Å². The number of rotatable bonds is 4. The summed E-state index contributed by atoms with van der Waals surface area (Å²) in [4.78, 5) is 3.96. The van der Waals surface area contributed by atoms with Gasteiger partial charge >= 0.3 is 0 Å². The Hall–Kier alpha value is -1.88. The van der Waals surface area contributed by atoms with Crippen LogP contribution in [0.1, 0.15) is 17.3 Å². The van der Waals surface area contributed by atoms with Gasteiger partial charge in [-0.2, -0.15) is 0 Å². The molecule has 1 aromatic carbocycles. The lowest BCUT2D eigenvalue weighted by molar-refractivity contribution is 0.531. The fourth-order valence-electron chi connectivity index (χ4n) is 1.86. The van der Waals surface area contributed by atoms with Gasteiger partial charge in [0, 0.05) is 6.07 Å². The van der Waals surface area contributed by atoms with E-state index in [1.807, 2.05) is 0 Å². The van der Waals surface area contributed by atoms with Gasteiger partial charge in [-0.25, -0.2) is 13.2 Å². The Bertz CT molecular complexity index is 555. The molecule has 0 aliphatic heterocycles. The number of nitrogens with zero attached hydrogens (tertiary/aromatic N) is 1. The van der Waals surface area contributed by atoms with Crippen molar-refractivity contribution in [3.05, 3.63) is 65.2 Å². The molecular weight excluding hydrogens is 253 g/mol. The Kier molecular flexibility index (Phi) is 4.16. The van der Waals surface area contributed by atoms with E-state index in [4.69, 9.17) is 0 Å². The van der Waals surface area contributed by atoms with Crippen LogP contribution in [-0.2, 0) is 6.42 Å². The third kappa shape index (κ3) is 3.32. The molecule has 1 aromatic heterocycles. The first-order valence-electron chi connectivity index (χ1n) is 5.83. The van der Waals surface area contributed by atoms with Crippen molar-refractivity contribution in [1.82, 2.24) is 10.3 Å². The summed E-state index contributed by atoms with van der Waals surface area (Å²) >= 11 is 0. The van der Waals surface area contributed by atoms with Crippen LogP contribution in [0.4, 0.5) is 13.2 Å². The molecule has 0 amide bonds. The summed E-state index contributed by atoms with van der Waals surface area (Å²) in [6, 6.07) is 6.04. The molecule has 19 heavy (non-hydrogen) atoms. The Balaban J connectivity index is 2.21. The highest BCUT2D eigenvalue weighted by molar-refractivity contribution is 5.22. The molecule has 2 nitrogen and oxygen atoms in total. The molecular formula is C14H13F3N2. The maximum atomic E-state index is 13.6. The predicted molar refractivity (Wildman–Crippen MR) is 66.1 cm³/mol. The normalized spacial score (nSPS) is 12.4. The van der Waals surface area contributed by atoms with Crippen LogP contribution < -0.4 is 5.32 Å². The van der Waals surface area contributed by atoms with Crippen LogP contribution in [0.2, 0.25) is 0 Å². The minimum absolute atomic E-state index is 0.263. The van der Waals surface area contributed by atoms with Crippen LogP contribution in [0.15, 0.2) is 36.5 Å². The fourth-order valence-corrected chi connectivity index (χ4v) is 1.86. The van der Waals surface area contributed by atoms with Crippen molar-refractivity contribution in [2.24, 2.45) is 0 Å². The van der Waals surface area contributed by atoms with E-state index in [2.05, 4.69) is 10.3 Å². The van der Waals surface area contributed by atoms with Crippen molar-refractivity contribution in [1.29, 1.82) is 0 Å². The van der Waals surface area contributed by atoms with Gasteiger partial charge in [-0.05, 0) is 37.2 Å². The Morgan fingerprint density at radius 2 is 1.84 bits per heavy atom. The molecule has 0 aliphatic carbocycles. The quantitative estimate of drug-likeness (QED) is 0.920. The molecule has 2 aromatic rings. The summed E-state index contributed by atoms with van der Waals surface area (Å²) in [7, 11) is 1.71. The van der Waals surface area contributed by atoms with E-state index in [0.29, 0.717) is 17.7 Å². The minimum atomic E-state index is -0.609. The molecule has 1 unspecified atom stereocenters. The van der Waals surface area contributed by atoms with E-state index in [0.717, 1.165) is 12.3 Å². The molecule has 1 atom stereocenters. The van der Waals surface area contributed by atoms with Gasteiger partial charge < -0.3 is 5.32 Å². The van der Waals surface area contributed by atoms with E-state index in [1.54, 1.807) is 7.05 Å². The molecule has 0 saturated carbocycles. The first-order valence-corrected chi connectivity index (χ1v) is 5.83. The van der Waals surface area contributed by atoms with E-state index in [-0.39, 0.29) is 6.04 Å². The van der Waals surface area contributed by atoms with Gasteiger partial charge in [0.05, 0.1) is 17.9 Å². The lowest BCUT2D eigenvalue weighted by atomic mass is 10.0. The maximum absolute atomic E-state index is 13.6. The largest absolute Gasteiger partial charge is 0.311 e. The van der Waals surface area contributed by atoms with Crippen molar-refractivity contribution in [2.75, 3.05) is 7.05 Å². The SMILES string of the molecule is CNC(Cc1ccc(F)cc1F)c1ccc(F)cn1. The Labute approximate surface area is 109 Å². The average Bonchev–Trinajstić information content (AvgIpc) is 2.39. The van der Waals surface area contributed by atoms with Crippen LogP contribution in [0, 0.1) is 17.5 Å². The van der Waals surface area contributed by atoms with Gasteiger partial charge in [0.2, 0.25) is 0 Å².